The molecule has 1 heterocycles. The van der Waals surface area contributed by atoms with Crippen LogP contribution in [0.15, 0.2) is 58.8 Å². The topological polar surface area (TPSA) is 103 Å². The third-order valence-electron chi connectivity index (χ3n) is 5.21. The molecular formula is C25H28N4O3S2. The van der Waals surface area contributed by atoms with Gasteiger partial charge in [0.15, 0.2) is 5.13 Å². The highest BCUT2D eigenvalue weighted by Gasteiger charge is 2.22. The molecule has 34 heavy (non-hydrogen) atoms. The van der Waals surface area contributed by atoms with Crippen LogP contribution in [0.25, 0.3) is 11.3 Å². The summed E-state index contributed by atoms with van der Waals surface area (Å²) in [5.74, 6) is -0.158. The zero-order valence-electron chi connectivity index (χ0n) is 19.3. The van der Waals surface area contributed by atoms with E-state index in [0.29, 0.717) is 30.2 Å². The van der Waals surface area contributed by atoms with Gasteiger partial charge < -0.3 is 5.32 Å². The Morgan fingerprint density at radius 1 is 1.06 bits per heavy atom. The summed E-state index contributed by atoms with van der Waals surface area (Å²) in [4.78, 5) is 17.1. The summed E-state index contributed by atoms with van der Waals surface area (Å²) in [7, 11) is -3.51. The first kappa shape index (κ1) is 25.6. The molecule has 0 aliphatic heterocycles. The Morgan fingerprint density at radius 2 is 1.71 bits per heavy atom. The van der Waals surface area contributed by atoms with Gasteiger partial charge in [0.05, 0.1) is 22.2 Å². The van der Waals surface area contributed by atoms with E-state index >= 15 is 0 Å². The largest absolute Gasteiger partial charge is 0.302 e. The van der Waals surface area contributed by atoms with Gasteiger partial charge in [0, 0.05) is 30.5 Å². The van der Waals surface area contributed by atoms with Crippen LogP contribution >= 0.6 is 11.3 Å². The third-order valence-corrected chi connectivity index (χ3v) is 7.88. The van der Waals surface area contributed by atoms with Gasteiger partial charge in [0.25, 0.3) is 0 Å². The fourth-order valence-electron chi connectivity index (χ4n) is 3.45. The standard InChI is InChI=1S/C25H28N4O3S2/c1-3-15-29(16-4-2)34(31,32)22-12-7-19(8-13-22)9-14-24(30)28-25-27-23(18-33-25)21-10-5-20(17-26)6-11-21/h5-8,10-13,18H,3-4,9,14-16H2,1-2H3,(H,27,28,30). The lowest BCUT2D eigenvalue weighted by molar-refractivity contribution is -0.116. The molecule has 1 N–H and O–H groups in total. The quantitative estimate of drug-likeness (QED) is 0.399. The number of nitriles is 1. The smallest absolute Gasteiger partial charge is 0.243 e. The van der Waals surface area contributed by atoms with Crippen molar-refractivity contribution in [1.82, 2.24) is 9.29 Å². The lowest BCUT2D eigenvalue weighted by Crippen LogP contribution is -2.32. The first-order chi connectivity index (χ1) is 16.4. The maximum Gasteiger partial charge on any atom is 0.243 e. The van der Waals surface area contributed by atoms with Gasteiger partial charge in [-0.1, -0.05) is 38.1 Å². The molecule has 0 spiro atoms. The van der Waals surface area contributed by atoms with Gasteiger partial charge in [-0.2, -0.15) is 9.57 Å². The van der Waals surface area contributed by atoms with E-state index in [1.807, 2.05) is 31.4 Å². The zero-order valence-corrected chi connectivity index (χ0v) is 21.0. The SMILES string of the molecule is CCCN(CCC)S(=O)(=O)c1ccc(CCC(=O)Nc2nc(-c3ccc(C#N)cc3)cs2)cc1. The summed E-state index contributed by atoms with van der Waals surface area (Å²) < 4.78 is 27.3. The van der Waals surface area contributed by atoms with Crippen LogP contribution in [0.3, 0.4) is 0 Å². The number of carbonyl (C=O) groups is 1. The molecule has 0 aliphatic carbocycles. The number of rotatable bonds is 11. The first-order valence-electron chi connectivity index (χ1n) is 11.2. The van der Waals surface area contributed by atoms with Crippen molar-refractivity contribution in [1.29, 1.82) is 5.26 Å². The molecule has 7 nitrogen and oxygen atoms in total. The number of nitrogens with one attached hydrogen (secondary N) is 1. The molecule has 3 aromatic rings. The van der Waals surface area contributed by atoms with Crippen LogP contribution in [-0.4, -0.2) is 36.7 Å². The van der Waals surface area contributed by atoms with Crippen LogP contribution in [0.4, 0.5) is 5.13 Å². The number of carbonyl (C=O) groups excluding carboxylic acids is 1. The monoisotopic (exact) mass is 496 g/mol. The van der Waals surface area contributed by atoms with Gasteiger partial charge in [-0.15, -0.1) is 11.3 Å². The van der Waals surface area contributed by atoms with Gasteiger partial charge in [0.1, 0.15) is 0 Å². The second kappa shape index (κ2) is 11.9. The number of nitrogens with zero attached hydrogens (tertiary/aromatic N) is 3. The summed E-state index contributed by atoms with van der Waals surface area (Å²) in [6.45, 7) is 4.93. The average molecular weight is 497 g/mol. The van der Waals surface area contributed by atoms with Crippen LogP contribution < -0.4 is 5.32 Å². The highest BCUT2D eigenvalue weighted by atomic mass is 32.2. The molecule has 1 aromatic heterocycles. The molecule has 178 valence electrons. The van der Waals surface area contributed by atoms with Crippen molar-refractivity contribution in [3.63, 3.8) is 0 Å². The van der Waals surface area contributed by atoms with Crippen molar-refractivity contribution < 1.29 is 13.2 Å². The third kappa shape index (κ3) is 6.50. The minimum Gasteiger partial charge on any atom is -0.302 e. The van der Waals surface area contributed by atoms with Crippen molar-refractivity contribution in [3.8, 4) is 17.3 Å². The molecule has 2 aromatic carbocycles. The van der Waals surface area contributed by atoms with E-state index in [1.54, 1.807) is 36.4 Å². The maximum absolute atomic E-state index is 12.9. The minimum atomic E-state index is -3.51. The van der Waals surface area contributed by atoms with Crippen molar-refractivity contribution >= 4 is 32.4 Å². The average Bonchev–Trinajstić information content (AvgIpc) is 3.31. The van der Waals surface area contributed by atoms with Crippen LogP contribution in [0.1, 0.15) is 44.2 Å². The summed E-state index contributed by atoms with van der Waals surface area (Å²) in [5, 5.41) is 14.1. The molecule has 0 saturated carbocycles. The van der Waals surface area contributed by atoms with E-state index in [4.69, 9.17) is 5.26 Å². The summed E-state index contributed by atoms with van der Waals surface area (Å²) in [6.07, 6.45) is 2.28. The zero-order chi connectivity index (χ0) is 24.6. The number of hydrogen-bond donors (Lipinski definition) is 1. The molecule has 0 bridgehead atoms. The molecule has 3 rings (SSSR count). The molecule has 0 fully saturated rings. The first-order valence-corrected chi connectivity index (χ1v) is 13.5. The van der Waals surface area contributed by atoms with Crippen LogP contribution in [0.2, 0.25) is 0 Å². The van der Waals surface area contributed by atoms with Gasteiger partial charge in [-0.05, 0) is 49.1 Å². The van der Waals surface area contributed by atoms with Gasteiger partial charge in [-0.3, -0.25) is 4.79 Å². The predicted octanol–water partition coefficient (Wildman–Crippen LogP) is 5.06. The van der Waals surface area contributed by atoms with E-state index < -0.39 is 10.0 Å². The van der Waals surface area contributed by atoms with Crippen molar-refractivity contribution in [2.75, 3.05) is 18.4 Å². The number of aromatic nitrogens is 1. The molecular weight excluding hydrogens is 468 g/mol. The van der Waals surface area contributed by atoms with Gasteiger partial charge in [-0.25, -0.2) is 13.4 Å². The van der Waals surface area contributed by atoms with E-state index in [-0.39, 0.29) is 17.2 Å². The lowest BCUT2D eigenvalue weighted by Gasteiger charge is -2.21. The number of thiazole rings is 1. The Bertz CT molecular complexity index is 1240. The van der Waals surface area contributed by atoms with Crippen LogP contribution in [-0.2, 0) is 21.2 Å². The number of amides is 1. The van der Waals surface area contributed by atoms with E-state index in [9.17, 15) is 13.2 Å². The normalized spacial score (nSPS) is 11.4. The molecule has 0 aliphatic rings. The lowest BCUT2D eigenvalue weighted by atomic mass is 10.1. The highest BCUT2D eigenvalue weighted by molar-refractivity contribution is 7.89. The summed E-state index contributed by atoms with van der Waals surface area (Å²) in [6, 6.07) is 16.0. The van der Waals surface area contributed by atoms with Crippen molar-refractivity contribution in [2.45, 2.75) is 44.4 Å². The molecule has 0 saturated heterocycles. The maximum atomic E-state index is 12.9. The van der Waals surface area contributed by atoms with E-state index in [1.165, 1.54) is 15.6 Å². The second-order valence-corrected chi connectivity index (χ2v) is 10.6. The number of benzene rings is 2. The Balaban J connectivity index is 1.56. The Labute approximate surface area is 205 Å². The number of aryl methyl sites for hydroxylation is 1. The number of hydrogen-bond acceptors (Lipinski definition) is 6. The van der Waals surface area contributed by atoms with Crippen molar-refractivity contribution in [2.24, 2.45) is 0 Å². The van der Waals surface area contributed by atoms with Crippen molar-refractivity contribution in [3.05, 3.63) is 65.0 Å². The van der Waals surface area contributed by atoms with E-state index in [2.05, 4.69) is 16.4 Å². The molecule has 0 unspecified atom stereocenters. The predicted molar refractivity (Wildman–Crippen MR) is 135 cm³/mol. The summed E-state index contributed by atoms with van der Waals surface area (Å²) in [5.41, 5.74) is 3.09. The summed E-state index contributed by atoms with van der Waals surface area (Å²) >= 11 is 1.34. The Morgan fingerprint density at radius 3 is 2.29 bits per heavy atom. The fraction of sp³-hybridized carbons (Fsp3) is 0.320. The Hall–Kier alpha value is -3.06. The minimum absolute atomic E-state index is 0.158. The fourth-order valence-corrected chi connectivity index (χ4v) is 5.81. The molecule has 0 atom stereocenters. The second-order valence-electron chi connectivity index (χ2n) is 7.82. The molecule has 1 amide bonds. The van der Waals surface area contributed by atoms with Crippen LogP contribution in [0.5, 0.6) is 0 Å². The Kier molecular flexibility index (Phi) is 8.93. The van der Waals surface area contributed by atoms with Gasteiger partial charge in [0.2, 0.25) is 15.9 Å². The van der Waals surface area contributed by atoms with Gasteiger partial charge >= 0.3 is 0 Å². The molecule has 9 heteroatoms. The highest BCUT2D eigenvalue weighted by Crippen LogP contribution is 2.25. The van der Waals surface area contributed by atoms with Crippen LogP contribution in [0, 0.1) is 11.3 Å². The number of sulfonamides is 1. The number of anilines is 1. The van der Waals surface area contributed by atoms with E-state index in [0.717, 1.165) is 29.7 Å². The molecule has 0 radical (unpaired) electrons.